The summed E-state index contributed by atoms with van der Waals surface area (Å²) in [6, 6.07) is 4.54. The summed E-state index contributed by atoms with van der Waals surface area (Å²) in [6.45, 7) is 6.56. The lowest BCUT2D eigenvalue weighted by molar-refractivity contribution is -0.385. The van der Waals surface area contributed by atoms with E-state index in [1.54, 1.807) is 26.1 Å². The molecule has 0 heterocycles. The van der Waals surface area contributed by atoms with E-state index in [0.29, 0.717) is 13.1 Å². The molecule has 0 aromatic heterocycles. The predicted molar refractivity (Wildman–Crippen MR) is 77.6 cm³/mol. The summed E-state index contributed by atoms with van der Waals surface area (Å²) in [7, 11) is 1.63. The monoisotopic (exact) mass is 279 g/mol. The number of amides is 1. The summed E-state index contributed by atoms with van der Waals surface area (Å²) in [5.74, 6) is -0.359. The van der Waals surface area contributed by atoms with Gasteiger partial charge in [-0.05, 0) is 30.5 Å². The Kier molecular flexibility index (Phi) is 4.83. The molecule has 20 heavy (non-hydrogen) atoms. The summed E-state index contributed by atoms with van der Waals surface area (Å²) in [4.78, 5) is 24.4. The van der Waals surface area contributed by atoms with Crippen molar-refractivity contribution in [3.8, 4) is 0 Å². The van der Waals surface area contributed by atoms with E-state index in [1.165, 1.54) is 11.0 Å². The molecule has 0 radical (unpaired) electrons. The van der Waals surface area contributed by atoms with Gasteiger partial charge in [-0.25, -0.2) is 0 Å². The molecule has 0 fully saturated rings. The number of rotatable bonds is 5. The molecule has 0 spiro atoms. The van der Waals surface area contributed by atoms with Gasteiger partial charge in [0.05, 0.1) is 4.92 Å². The van der Waals surface area contributed by atoms with Gasteiger partial charge in [0.25, 0.3) is 11.6 Å². The second-order valence-electron chi connectivity index (χ2n) is 5.81. The number of aryl methyl sites for hydroxylation is 1. The number of nitrogens with two attached hydrogens (primary N) is 1. The highest BCUT2D eigenvalue weighted by Gasteiger charge is 2.26. The van der Waals surface area contributed by atoms with Gasteiger partial charge in [0.15, 0.2) is 0 Å². The van der Waals surface area contributed by atoms with Crippen molar-refractivity contribution >= 4 is 11.6 Å². The van der Waals surface area contributed by atoms with Crippen LogP contribution in [0.2, 0.25) is 0 Å². The van der Waals surface area contributed by atoms with E-state index in [-0.39, 0.29) is 22.6 Å². The highest BCUT2D eigenvalue weighted by Crippen LogP contribution is 2.23. The van der Waals surface area contributed by atoms with E-state index in [1.807, 2.05) is 13.8 Å². The maximum atomic E-state index is 12.4. The van der Waals surface area contributed by atoms with Crippen LogP contribution in [0.15, 0.2) is 18.2 Å². The van der Waals surface area contributed by atoms with Gasteiger partial charge in [0.2, 0.25) is 0 Å². The average molecular weight is 279 g/mol. The number of carbonyl (C=O) groups excluding carboxylic acids is 1. The van der Waals surface area contributed by atoms with E-state index in [9.17, 15) is 14.9 Å². The molecular formula is C14H21N3O3. The third kappa shape index (κ3) is 3.77. The predicted octanol–water partition coefficient (Wildman–Crippen LogP) is 1.96. The van der Waals surface area contributed by atoms with E-state index >= 15 is 0 Å². The van der Waals surface area contributed by atoms with Crippen molar-refractivity contribution < 1.29 is 9.72 Å². The maximum absolute atomic E-state index is 12.4. The topological polar surface area (TPSA) is 89.5 Å². The van der Waals surface area contributed by atoms with Crippen LogP contribution in [0.25, 0.3) is 0 Å². The van der Waals surface area contributed by atoms with E-state index in [4.69, 9.17) is 5.73 Å². The first-order valence-corrected chi connectivity index (χ1v) is 6.38. The quantitative estimate of drug-likeness (QED) is 0.659. The average Bonchev–Trinajstić information content (AvgIpc) is 2.36. The van der Waals surface area contributed by atoms with Crippen molar-refractivity contribution in [1.29, 1.82) is 0 Å². The molecule has 110 valence electrons. The minimum absolute atomic E-state index is 0.116. The Morgan fingerprint density at radius 3 is 2.55 bits per heavy atom. The first-order valence-electron chi connectivity index (χ1n) is 6.38. The van der Waals surface area contributed by atoms with E-state index in [0.717, 1.165) is 5.56 Å². The van der Waals surface area contributed by atoms with Gasteiger partial charge in [-0.15, -0.1) is 0 Å². The Balaban J connectivity index is 3.08. The van der Waals surface area contributed by atoms with Gasteiger partial charge >= 0.3 is 0 Å². The molecule has 6 nitrogen and oxygen atoms in total. The molecule has 1 amide bonds. The summed E-state index contributed by atoms with van der Waals surface area (Å²) in [6.07, 6.45) is 0. The zero-order valence-corrected chi connectivity index (χ0v) is 12.3. The van der Waals surface area contributed by atoms with Crippen LogP contribution in [0.1, 0.15) is 29.8 Å². The first kappa shape index (κ1) is 16.1. The fourth-order valence-corrected chi connectivity index (χ4v) is 1.96. The summed E-state index contributed by atoms with van der Waals surface area (Å²) in [5, 5.41) is 11.0. The van der Waals surface area contributed by atoms with Gasteiger partial charge < -0.3 is 10.6 Å². The maximum Gasteiger partial charge on any atom is 0.282 e. The van der Waals surface area contributed by atoms with E-state index in [2.05, 4.69) is 0 Å². The lowest BCUT2D eigenvalue weighted by Gasteiger charge is -2.29. The highest BCUT2D eigenvalue weighted by molar-refractivity contribution is 5.98. The second-order valence-corrected chi connectivity index (χ2v) is 5.81. The summed E-state index contributed by atoms with van der Waals surface area (Å²) in [5.41, 5.74) is 6.17. The Hall–Kier alpha value is -1.95. The standard InChI is InChI=1S/C14H21N3O3/c1-10-5-6-12(17(19)20)11(7-10)13(18)16(4)9-14(2,3)8-15/h5-7H,8-9,15H2,1-4H3. The largest absolute Gasteiger partial charge is 0.341 e. The molecule has 1 aromatic rings. The number of nitro benzene ring substituents is 1. The molecule has 2 N–H and O–H groups in total. The van der Waals surface area contributed by atoms with Crippen LogP contribution >= 0.6 is 0 Å². The molecule has 0 saturated carbocycles. The van der Waals surface area contributed by atoms with Crippen LogP contribution < -0.4 is 5.73 Å². The molecule has 0 unspecified atom stereocenters. The number of nitrogens with zero attached hydrogens (tertiary/aromatic N) is 2. The van der Waals surface area contributed by atoms with Crippen LogP contribution in [0, 0.1) is 22.5 Å². The van der Waals surface area contributed by atoms with Gasteiger partial charge in [-0.1, -0.05) is 19.9 Å². The fourth-order valence-electron chi connectivity index (χ4n) is 1.96. The SMILES string of the molecule is Cc1ccc([N+](=O)[O-])c(C(=O)N(C)CC(C)(C)CN)c1. The van der Waals surface area contributed by atoms with Crippen molar-refractivity contribution in [3.05, 3.63) is 39.4 Å². The molecule has 1 rings (SSSR count). The zero-order chi connectivity index (χ0) is 15.5. The number of hydrogen-bond donors (Lipinski definition) is 1. The van der Waals surface area contributed by atoms with Crippen LogP contribution in [-0.2, 0) is 0 Å². The van der Waals surface area contributed by atoms with Crippen LogP contribution in [0.4, 0.5) is 5.69 Å². The molecule has 0 aliphatic rings. The molecule has 6 heteroatoms. The Labute approximate surface area is 118 Å². The first-order chi connectivity index (χ1) is 9.18. The van der Waals surface area contributed by atoms with Crippen molar-refractivity contribution in [1.82, 2.24) is 4.90 Å². The van der Waals surface area contributed by atoms with E-state index < -0.39 is 4.92 Å². The molecule has 1 aromatic carbocycles. The normalized spacial score (nSPS) is 11.2. The van der Waals surface area contributed by atoms with Crippen LogP contribution in [-0.4, -0.2) is 35.9 Å². The second kappa shape index (κ2) is 6.00. The van der Waals surface area contributed by atoms with Gasteiger partial charge in [-0.3, -0.25) is 14.9 Å². The third-order valence-electron chi connectivity index (χ3n) is 3.14. The van der Waals surface area contributed by atoms with Crippen LogP contribution in [0.5, 0.6) is 0 Å². The lowest BCUT2D eigenvalue weighted by Crippen LogP contribution is -2.40. The smallest absolute Gasteiger partial charge is 0.282 e. The Bertz CT molecular complexity index is 526. The Morgan fingerprint density at radius 1 is 1.45 bits per heavy atom. The summed E-state index contributed by atoms with van der Waals surface area (Å²) >= 11 is 0. The van der Waals surface area contributed by atoms with Crippen molar-refractivity contribution in [2.24, 2.45) is 11.1 Å². The molecular weight excluding hydrogens is 258 g/mol. The number of benzene rings is 1. The van der Waals surface area contributed by atoms with Crippen molar-refractivity contribution in [3.63, 3.8) is 0 Å². The number of hydrogen-bond acceptors (Lipinski definition) is 4. The molecule has 0 atom stereocenters. The lowest BCUT2D eigenvalue weighted by atomic mass is 9.93. The minimum atomic E-state index is -0.533. The number of carbonyl (C=O) groups is 1. The molecule has 0 saturated heterocycles. The van der Waals surface area contributed by atoms with Gasteiger partial charge in [0, 0.05) is 19.7 Å². The minimum Gasteiger partial charge on any atom is -0.341 e. The zero-order valence-electron chi connectivity index (χ0n) is 12.3. The molecule has 0 aliphatic heterocycles. The van der Waals surface area contributed by atoms with Gasteiger partial charge in [-0.2, -0.15) is 0 Å². The van der Waals surface area contributed by atoms with Crippen molar-refractivity contribution in [2.45, 2.75) is 20.8 Å². The Morgan fingerprint density at radius 2 is 2.05 bits per heavy atom. The molecule has 0 bridgehead atoms. The van der Waals surface area contributed by atoms with Gasteiger partial charge in [0.1, 0.15) is 5.56 Å². The molecule has 0 aliphatic carbocycles. The van der Waals surface area contributed by atoms with Crippen molar-refractivity contribution in [2.75, 3.05) is 20.1 Å². The fraction of sp³-hybridized carbons (Fsp3) is 0.500. The number of nitro groups is 1. The van der Waals surface area contributed by atoms with Crippen LogP contribution in [0.3, 0.4) is 0 Å². The third-order valence-corrected chi connectivity index (χ3v) is 3.14. The highest BCUT2D eigenvalue weighted by atomic mass is 16.6. The summed E-state index contributed by atoms with van der Waals surface area (Å²) < 4.78 is 0.